The molecule has 1 unspecified atom stereocenters. The third-order valence-corrected chi connectivity index (χ3v) is 4.55. The Hall–Kier alpha value is -0.950. The molecule has 0 aromatic heterocycles. The molecule has 1 atom stereocenters. The van der Waals surface area contributed by atoms with E-state index in [1.807, 2.05) is 13.8 Å². The first-order valence-electron chi connectivity index (χ1n) is 6.95. The lowest BCUT2D eigenvalue weighted by Crippen LogP contribution is -2.33. The molecular formula is C15H25NO4S. The van der Waals surface area contributed by atoms with Gasteiger partial charge in [0.25, 0.3) is 0 Å². The first kappa shape index (κ1) is 18.1. The van der Waals surface area contributed by atoms with E-state index in [0.29, 0.717) is 25.1 Å². The SMILES string of the molecule is CC(C)(CCO)CNCC(O)c1ccc(S(C)(=O)=O)cc1. The maximum atomic E-state index is 11.4. The zero-order valence-corrected chi connectivity index (χ0v) is 13.7. The van der Waals surface area contributed by atoms with Crippen LogP contribution < -0.4 is 5.32 Å². The lowest BCUT2D eigenvalue weighted by atomic mass is 9.89. The minimum Gasteiger partial charge on any atom is -0.396 e. The van der Waals surface area contributed by atoms with Gasteiger partial charge in [0.1, 0.15) is 0 Å². The fourth-order valence-electron chi connectivity index (χ4n) is 1.99. The third-order valence-electron chi connectivity index (χ3n) is 3.42. The highest BCUT2D eigenvalue weighted by atomic mass is 32.2. The van der Waals surface area contributed by atoms with Crippen LogP contribution in [0, 0.1) is 5.41 Å². The molecule has 0 amide bonds. The molecule has 1 aromatic rings. The number of rotatable bonds is 8. The van der Waals surface area contributed by atoms with Crippen LogP contribution in [0.25, 0.3) is 0 Å². The van der Waals surface area contributed by atoms with E-state index in [0.717, 1.165) is 6.26 Å². The largest absolute Gasteiger partial charge is 0.396 e. The normalized spacial score (nSPS) is 14.1. The van der Waals surface area contributed by atoms with Crippen molar-refractivity contribution in [2.45, 2.75) is 31.3 Å². The van der Waals surface area contributed by atoms with Gasteiger partial charge in [-0.1, -0.05) is 26.0 Å². The van der Waals surface area contributed by atoms with Crippen molar-refractivity contribution in [2.24, 2.45) is 5.41 Å². The second-order valence-corrected chi connectivity index (χ2v) is 8.14. The van der Waals surface area contributed by atoms with Gasteiger partial charge in [-0.2, -0.15) is 0 Å². The standard InChI is InChI=1S/C15H25NO4S/c1-15(2,8-9-17)11-16-10-14(18)12-4-6-13(7-5-12)21(3,19)20/h4-7,14,16-18H,8-11H2,1-3H3. The van der Waals surface area contributed by atoms with Gasteiger partial charge in [0.15, 0.2) is 9.84 Å². The van der Waals surface area contributed by atoms with Crippen molar-refractivity contribution in [3.8, 4) is 0 Å². The summed E-state index contributed by atoms with van der Waals surface area (Å²) >= 11 is 0. The summed E-state index contributed by atoms with van der Waals surface area (Å²) < 4.78 is 22.7. The van der Waals surface area contributed by atoms with Gasteiger partial charge in [-0.3, -0.25) is 0 Å². The van der Waals surface area contributed by atoms with E-state index in [2.05, 4.69) is 5.32 Å². The molecule has 0 saturated carbocycles. The molecule has 120 valence electrons. The topological polar surface area (TPSA) is 86.6 Å². The van der Waals surface area contributed by atoms with E-state index in [9.17, 15) is 13.5 Å². The molecule has 5 nitrogen and oxygen atoms in total. The van der Waals surface area contributed by atoms with Gasteiger partial charge < -0.3 is 15.5 Å². The fourth-order valence-corrected chi connectivity index (χ4v) is 2.62. The lowest BCUT2D eigenvalue weighted by molar-refractivity contribution is 0.160. The zero-order chi connectivity index (χ0) is 16.1. The molecule has 0 aliphatic heterocycles. The summed E-state index contributed by atoms with van der Waals surface area (Å²) in [6.45, 7) is 5.30. The van der Waals surface area contributed by atoms with Crippen LogP contribution in [0.15, 0.2) is 29.2 Å². The summed E-state index contributed by atoms with van der Waals surface area (Å²) in [5.41, 5.74) is 0.643. The monoisotopic (exact) mass is 315 g/mol. The maximum absolute atomic E-state index is 11.4. The Bertz CT molecular complexity index is 537. The number of benzene rings is 1. The van der Waals surface area contributed by atoms with E-state index in [1.54, 1.807) is 12.1 Å². The number of sulfone groups is 1. The maximum Gasteiger partial charge on any atom is 0.175 e. The van der Waals surface area contributed by atoms with Gasteiger partial charge in [0.05, 0.1) is 11.0 Å². The molecule has 0 radical (unpaired) electrons. The highest BCUT2D eigenvalue weighted by Crippen LogP contribution is 2.19. The van der Waals surface area contributed by atoms with Crippen LogP contribution >= 0.6 is 0 Å². The number of hydrogen-bond donors (Lipinski definition) is 3. The van der Waals surface area contributed by atoms with E-state index >= 15 is 0 Å². The van der Waals surface area contributed by atoms with Crippen LogP contribution in [0.5, 0.6) is 0 Å². The van der Waals surface area contributed by atoms with Gasteiger partial charge in [-0.25, -0.2) is 8.42 Å². The second-order valence-electron chi connectivity index (χ2n) is 6.13. The van der Waals surface area contributed by atoms with Crippen LogP contribution in [0.3, 0.4) is 0 Å². The van der Waals surface area contributed by atoms with Crippen LogP contribution in [-0.2, 0) is 9.84 Å². The average Bonchev–Trinajstić information content (AvgIpc) is 2.37. The summed E-state index contributed by atoms with van der Waals surface area (Å²) in [5.74, 6) is 0. The van der Waals surface area contributed by atoms with Crippen molar-refractivity contribution in [2.75, 3.05) is 26.0 Å². The minimum atomic E-state index is -3.21. The summed E-state index contributed by atoms with van der Waals surface area (Å²) in [6.07, 6.45) is 1.16. The van der Waals surface area contributed by atoms with Gasteiger partial charge in [0.2, 0.25) is 0 Å². The first-order chi connectivity index (χ1) is 9.65. The number of aliphatic hydroxyl groups excluding tert-OH is 2. The Morgan fingerprint density at radius 1 is 1.24 bits per heavy atom. The molecule has 0 aliphatic carbocycles. The van der Waals surface area contributed by atoms with Crippen molar-refractivity contribution in [3.63, 3.8) is 0 Å². The van der Waals surface area contributed by atoms with Gasteiger partial charge in [0, 0.05) is 26.0 Å². The first-order valence-corrected chi connectivity index (χ1v) is 8.84. The number of nitrogens with one attached hydrogen (secondary N) is 1. The van der Waals surface area contributed by atoms with E-state index in [4.69, 9.17) is 5.11 Å². The molecule has 0 fully saturated rings. The van der Waals surface area contributed by atoms with Crippen molar-refractivity contribution in [1.82, 2.24) is 5.32 Å². The number of hydrogen-bond acceptors (Lipinski definition) is 5. The van der Waals surface area contributed by atoms with Crippen LogP contribution in [0.4, 0.5) is 0 Å². The summed E-state index contributed by atoms with van der Waals surface area (Å²) in [6, 6.07) is 6.26. The van der Waals surface area contributed by atoms with Gasteiger partial charge >= 0.3 is 0 Å². The fraction of sp³-hybridized carbons (Fsp3) is 0.600. The summed E-state index contributed by atoms with van der Waals surface area (Å²) in [7, 11) is -3.21. The smallest absolute Gasteiger partial charge is 0.175 e. The van der Waals surface area contributed by atoms with Crippen molar-refractivity contribution >= 4 is 9.84 Å². The molecule has 0 spiro atoms. The van der Waals surface area contributed by atoms with Crippen molar-refractivity contribution in [1.29, 1.82) is 0 Å². The van der Waals surface area contributed by atoms with E-state index in [1.165, 1.54) is 12.1 Å². The molecule has 21 heavy (non-hydrogen) atoms. The molecule has 3 N–H and O–H groups in total. The highest BCUT2D eigenvalue weighted by molar-refractivity contribution is 7.90. The summed E-state index contributed by atoms with van der Waals surface area (Å²) in [4.78, 5) is 0.246. The molecule has 0 aliphatic rings. The minimum absolute atomic E-state index is 0.0331. The Morgan fingerprint density at radius 3 is 2.29 bits per heavy atom. The van der Waals surface area contributed by atoms with Crippen LogP contribution in [0.2, 0.25) is 0 Å². The summed E-state index contributed by atoms with van der Waals surface area (Å²) in [5, 5.41) is 22.2. The quantitative estimate of drug-likeness (QED) is 0.669. The molecule has 6 heteroatoms. The third kappa shape index (κ3) is 6.13. The second kappa shape index (κ2) is 7.35. The predicted octanol–water partition coefficient (Wildman–Crippen LogP) is 1.12. The lowest BCUT2D eigenvalue weighted by Gasteiger charge is -2.25. The zero-order valence-electron chi connectivity index (χ0n) is 12.8. The Balaban J connectivity index is 2.55. The Labute approximate surface area is 126 Å². The molecule has 0 bridgehead atoms. The Morgan fingerprint density at radius 2 is 1.81 bits per heavy atom. The molecule has 1 aromatic carbocycles. The van der Waals surface area contributed by atoms with Crippen LogP contribution in [0.1, 0.15) is 31.9 Å². The highest BCUT2D eigenvalue weighted by Gasteiger charge is 2.17. The van der Waals surface area contributed by atoms with Crippen LogP contribution in [-0.4, -0.2) is 44.6 Å². The average molecular weight is 315 g/mol. The molecular weight excluding hydrogens is 290 g/mol. The van der Waals surface area contributed by atoms with Gasteiger partial charge in [-0.05, 0) is 29.5 Å². The van der Waals surface area contributed by atoms with E-state index in [-0.39, 0.29) is 16.9 Å². The number of aliphatic hydroxyl groups is 2. The van der Waals surface area contributed by atoms with E-state index < -0.39 is 15.9 Å². The molecule has 1 rings (SSSR count). The van der Waals surface area contributed by atoms with Crippen molar-refractivity contribution in [3.05, 3.63) is 29.8 Å². The predicted molar refractivity (Wildman–Crippen MR) is 82.9 cm³/mol. The van der Waals surface area contributed by atoms with Gasteiger partial charge in [-0.15, -0.1) is 0 Å². The molecule has 0 heterocycles. The van der Waals surface area contributed by atoms with Crippen molar-refractivity contribution < 1.29 is 18.6 Å². The molecule has 0 saturated heterocycles. The Kier molecular flexibility index (Phi) is 6.34.